The van der Waals surface area contributed by atoms with E-state index in [1.165, 1.54) is 11.3 Å². The van der Waals surface area contributed by atoms with Crippen molar-refractivity contribution < 1.29 is 9.32 Å². The number of thiazole rings is 1. The summed E-state index contributed by atoms with van der Waals surface area (Å²) >= 11 is 1.36. The number of nitrogens with one attached hydrogen (secondary N) is 1. The number of carbonyl (C=O) groups is 1. The Morgan fingerprint density at radius 3 is 3.00 bits per heavy atom. The SMILES string of the molecule is Cc1cc(C(=O)Nc2nccs2)c2c(C)noc2n1. The average Bonchev–Trinajstić information content (AvgIpc) is 2.99. The molecule has 1 amide bonds. The van der Waals surface area contributed by atoms with Crippen LogP contribution in [0, 0.1) is 13.8 Å². The first-order valence-corrected chi connectivity index (χ1v) is 6.47. The smallest absolute Gasteiger partial charge is 0.258 e. The molecular weight excluding hydrogens is 264 g/mol. The normalized spacial score (nSPS) is 10.8. The van der Waals surface area contributed by atoms with Crippen LogP contribution < -0.4 is 5.32 Å². The molecule has 0 radical (unpaired) electrons. The topological polar surface area (TPSA) is 80.9 Å². The molecule has 3 aromatic heterocycles. The second-order valence-electron chi connectivity index (χ2n) is 4.05. The number of nitrogens with zero attached hydrogens (tertiary/aromatic N) is 3. The van der Waals surface area contributed by atoms with E-state index < -0.39 is 0 Å². The lowest BCUT2D eigenvalue weighted by atomic mass is 10.1. The Bertz CT molecular complexity index is 749. The predicted molar refractivity (Wildman–Crippen MR) is 71.3 cm³/mol. The second-order valence-corrected chi connectivity index (χ2v) is 4.95. The molecule has 0 saturated heterocycles. The van der Waals surface area contributed by atoms with Crippen LogP contribution in [0.2, 0.25) is 0 Å². The lowest BCUT2D eigenvalue weighted by Gasteiger charge is -2.04. The van der Waals surface area contributed by atoms with Gasteiger partial charge in [-0.2, -0.15) is 0 Å². The number of hydrogen-bond acceptors (Lipinski definition) is 6. The third-order valence-electron chi connectivity index (χ3n) is 2.64. The first-order valence-electron chi connectivity index (χ1n) is 5.59. The van der Waals surface area contributed by atoms with Crippen LogP contribution in [-0.2, 0) is 0 Å². The maximum absolute atomic E-state index is 12.3. The van der Waals surface area contributed by atoms with E-state index >= 15 is 0 Å². The zero-order valence-electron chi connectivity index (χ0n) is 10.3. The Labute approximate surface area is 112 Å². The van der Waals surface area contributed by atoms with Crippen molar-refractivity contribution in [3.63, 3.8) is 0 Å². The molecule has 19 heavy (non-hydrogen) atoms. The second kappa shape index (κ2) is 4.43. The third-order valence-corrected chi connectivity index (χ3v) is 3.33. The molecule has 96 valence electrons. The number of fused-ring (bicyclic) bond motifs is 1. The summed E-state index contributed by atoms with van der Waals surface area (Å²) in [6.07, 6.45) is 1.64. The molecule has 0 spiro atoms. The summed E-state index contributed by atoms with van der Waals surface area (Å²) in [7, 11) is 0. The fourth-order valence-electron chi connectivity index (χ4n) is 1.85. The molecule has 3 heterocycles. The van der Waals surface area contributed by atoms with Crippen molar-refractivity contribution in [2.45, 2.75) is 13.8 Å². The van der Waals surface area contributed by atoms with Crippen LogP contribution in [0.4, 0.5) is 5.13 Å². The monoisotopic (exact) mass is 274 g/mol. The number of rotatable bonds is 2. The van der Waals surface area contributed by atoms with E-state index in [1.807, 2.05) is 0 Å². The number of anilines is 1. The van der Waals surface area contributed by atoms with E-state index in [4.69, 9.17) is 4.52 Å². The molecule has 0 aliphatic heterocycles. The van der Waals surface area contributed by atoms with Crippen LogP contribution in [0.5, 0.6) is 0 Å². The van der Waals surface area contributed by atoms with Crippen molar-refractivity contribution in [1.82, 2.24) is 15.1 Å². The zero-order valence-corrected chi connectivity index (χ0v) is 11.1. The molecule has 1 N–H and O–H groups in total. The van der Waals surface area contributed by atoms with Crippen molar-refractivity contribution in [2.75, 3.05) is 5.32 Å². The van der Waals surface area contributed by atoms with E-state index in [0.717, 1.165) is 0 Å². The molecular formula is C12H10N4O2S. The Hall–Kier alpha value is -2.28. The van der Waals surface area contributed by atoms with Gasteiger partial charge in [0.1, 0.15) is 0 Å². The molecule has 7 heteroatoms. The fourth-order valence-corrected chi connectivity index (χ4v) is 2.37. The number of pyridine rings is 1. The van der Waals surface area contributed by atoms with Gasteiger partial charge in [-0.3, -0.25) is 10.1 Å². The van der Waals surface area contributed by atoms with Gasteiger partial charge >= 0.3 is 0 Å². The predicted octanol–water partition coefficient (Wildman–Crippen LogP) is 2.55. The Kier molecular flexibility index (Phi) is 2.75. The number of amides is 1. The first-order chi connectivity index (χ1) is 9.15. The number of hydrogen-bond donors (Lipinski definition) is 1. The van der Waals surface area contributed by atoms with Crippen molar-refractivity contribution in [1.29, 1.82) is 0 Å². The zero-order chi connectivity index (χ0) is 13.4. The summed E-state index contributed by atoms with van der Waals surface area (Å²) < 4.78 is 5.10. The molecule has 0 unspecified atom stereocenters. The van der Waals surface area contributed by atoms with Gasteiger partial charge in [0.15, 0.2) is 5.13 Å². The molecule has 3 aromatic rings. The summed E-state index contributed by atoms with van der Waals surface area (Å²) in [6, 6.07) is 1.72. The van der Waals surface area contributed by atoms with Gasteiger partial charge in [0.2, 0.25) is 0 Å². The number of carbonyl (C=O) groups excluding carboxylic acids is 1. The van der Waals surface area contributed by atoms with Crippen LogP contribution in [-0.4, -0.2) is 21.0 Å². The minimum Gasteiger partial charge on any atom is -0.336 e. The third kappa shape index (κ3) is 2.08. The maximum Gasteiger partial charge on any atom is 0.258 e. The average molecular weight is 274 g/mol. The van der Waals surface area contributed by atoms with E-state index in [0.29, 0.717) is 33.2 Å². The summed E-state index contributed by atoms with van der Waals surface area (Å²) in [5.41, 5.74) is 2.22. The molecule has 0 aromatic carbocycles. The lowest BCUT2D eigenvalue weighted by Crippen LogP contribution is -2.13. The van der Waals surface area contributed by atoms with Gasteiger partial charge in [0, 0.05) is 17.3 Å². The van der Waals surface area contributed by atoms with E-state index in [9.17, 15) is 4.79 Å². The molecule has 0 aliphatic rings. The molecule has 0 aliphatic carbocycles. The minimum absolute atomic E-state index is 0.239. The van der Waals surface area contributed by atoms with Gasteiger partial charge in [0.05, 0.1) is 16.6 Å². The molecule has 6 nitrogen and oxygen atoms in total. The Morgan fingerprint density at radius 2 is 2.26 bits per heavy atom. The molecule has 0 saturated carbocycles. The highest BCUT2D eigenvalue weighted by molar-refractivity contribution is 7.13. The van der Waals surface area contributed by atoms with Gasteiger partial charge in [0.25, 0.3) is 11.6 Å². The minimum atomic E-state index is -0.239. The van der Waals surface area contributed by atoms with Crippen molar-refractivity contribution >= 4 is 33.5 Å². The molecule has 0 bridgehead atoms. The molecule has 0 fully saturated rings. The number of aryl methyl sites for hydroxylation is 2. The van der Waals surface area contributed by atoms with Gasteiger partial charge in [-0.15, -0.1) is 11.3 Å². The highest BCUT2D eigenvalue weighted by atomic mass is 32.1. The van der Waals surface area contributed by atoms with Crippen LogP contribution in [0.15, 0.2) is 22.2 Å². The van der Waals surface area contributed by atoms with Crippen LogP contribution in [0.3, 0.4) is 0 Å². The van der Waals surface area contributed by atoms with Crippen LogP contribution in [0.25, 0.3) is 11.1 Å². The van der Waals surface area contributed by atoms with E-state index in [-0.39, 0.29) is 5.91 Å². The summed E-state index contributed by atoms with van der Waals surface area (Å²) in [6.45, 7) is 3.58. The van der Waals surface area contributed by atoms with Crippen molar-refractivity contribution in [3.05, 3.63) is 34.6 Å². The van der Waals surface area contributed by atoms with E-state index in [2.05, 4.69) is 20.4 Å². The van der Waals surface area contributed by atoms with E-state index in [1.54, 1.807) is 31.5 Å². The van der Waals surface area contributed by atoms with Gasteiger partial charge in [-0.05, 0) is 19.9 Å². The maximum atomic E-state index is 12.3. The first kappa shape index (κ1) is 11.8. The Balaban J connectivity index is 2.08. The quantitative estimate of drug-likeness (QED) is 0.776. The fraction of sp³-hybridized carbons (Fsp3) is 0.167. The summed E-state index contributed by atoms with van der Waals surface area (Å²) in [5, 5.41) is 9.59. The van der Waals surface area contributed by atoms with Gasteiger partial charge in [-0.25, -0.2) is 9.97 Å². The Morgan fingerprint density at radius 1 is 1.42 bits per heavy atom. The standard InChI is InChI=1S/C12H10N4O2S/c1-6-5-8(9-7(2)16-18-11(9)14-6)10(17)15-12-13-3-4-19-12/h3-5H,1-2H3,(H,13,15,17). The van der Waals surface area contributed by atoms with Gasteiger partial charge < -0.3 is 4.52 Å². The largest absolute Gasteiger partial charge is 0.336 e. The molecule has 0 atom stereocenters. The van der Waals surface area contributed by atoms with Gasteiger partial charge in [-0.1, -0.05) is 5.16 Å². The highest BCUT2D eigenvalue weighted by Gasteiger charge is 2.18. The number of aromatic nitrogens is 3. The van der Waals surface area contributed by atoms with Crippen LogP contribution in [0.1, 0.15) is 21.7 Å². The summed E-state index contributed by atoms with van der Waals surface area (Å²) in [5.74, 6) is -0.239. The summed E-state index contributed by atoms with van der Waals surface area (Å²) in [4.78, 5) is 20.5. The van der Waals surface area contributed by atoms with Crippen molar-refractivity contribution in [3.8, 4) is 0 Å². The van der Waals surface area contributed by atoms with Crippen molar-refractivity contribution in [2.24, 2.45) is 0 Å². The molecule has 3 rings (SSSR count). The highest BCUT2D eigenvalue weighted by Crippen LogP contribution is 2.23. The van der Waals surface area contributed by atoms with Crippen LogP contribution >= 0.6 is 11.3 Å². The lowest BCUT2D eigenvalue weighted by molar-refractivity contribution is 0.102.